The lowest BCUT2D eigenvalue weighted by atomic mass is 9.73. The van der Waals surface area contributed by atoms with Crippen LogP contribution in [0.4, 0.5) is 5.69 Å². The Morgan fingerprint density at radius 1 is 1.11 bits per heavy atom. The summed E-state index contributed by atoms with van der Waals surface area (Å²) in [5.74, 6) is 0. The average Bonchev–Trinajstić information content (AvgIpc) is 2.39. The fraction of sp³-hybridized carbons (Fsp3) is 0.267. The minimum atomic E-state index is -0.00417. The van der Waals surface area contributed by atoms with Crippen molar-refractivity contribution in [1.82, 2.24) is 4.98 Å². The number of hydrogen-bond acceptors (Lipinski definition) is 3. The third-order valence-corrected chi connectivity index (χ3v) is 3.63. The van der Waals surface area contributed by atoms with E-state index in [1.54, 1.807) is 0 Å². The summed E-state index contributed by atoms with van der Waals surface area (Å²) in [6.45, 7) is 1.48. The summed E-state index contributed by atoms with van der Waals surface area (Å²) in [6, 6.07) is 12.7. The van der Waals surface area contributed by atoms with E-state index in [9.17, 15) is 0 Å². The van der Waals surface area contributed by atoms with Gasteiger partial charge in [0.2, 0.25) is 0 Å². The number of nitrogens with one attached hydrogen (secondary N) is 1. The van der Waals surface area contributed by atoms with Gasteiger partial charge in [-0.25, -0.2) is 0 Å². The van der Waals surface area contributed by atoms with Gasteiger partial charge in [-0.15, -0.1) is 0 Å². The second kappa shape index (κ2) is 4.42. The molecule has 1 fully saturated rings. The highest BCUT2D eigenvalue weighted by atomic mass is 16.5. The van der Waals surface area contributed by atoms with Crippen molar-refractivity contribution in [1.29, 1.82) is 0 Å². The Morgan fingerprint density at radius 3 is 2.50 bits per heavy atom. The van der Waals surface area contributed by atoms with E-state index in [1.165, 1.54) is 11.1 Å². The third kappa shape index (κ3) is 1.68. The Bertz CT molecular complexity index is 535. The lowest BCUT2D eigenvalue weighted by Crippen LogP contribution is -2.47. The molecule has 92 valence electrons. The molecule has 3 rings (SSSR count). The van der Waals surface area contributed by atoms with E-state index < -0.39 is 0 Å². The van der Waals surface area contributed by atoms with E-state index in [2.05, 4.69) is 46.7 Å². The molecule has 1 N–H and O–H groups in total. The van der Waals surface area contributed by atoms with Gasteiger partial charge < -0.3 is 10.1 Å². The molecule has 1 aromatic heterocycles. The second-order valence-electron chi connectivity index (χ2n) is 4.64. The van der Waals surface area contributed by atoms with Gasteiger partial charge in [0.1, 0.15) is 0 Å². The summed E-state index contributed by atoms with van der Waals surface area (Å²) in [6.07, 6.45) is 3.69. The van der Waals surface area contributed by atoms with Gasteiger partial charge in [-0.3, -0.25) is 4.98 Å². The fourth-order valence-electron chi connectivity index (χ4n) is 2.45. The van der Waals surface area contributed by atoms with Crippen molar-refractivity contribution in [3.05, 3.63) is 59.9 Å². The van der Waals surface area contributed by atoms with E-state index in [4.69, 9.17) is 4.74 Å². The van der Waals surface area contributed by atoms with Gasteiger partial charge in [0.25, 0.3) is 0 Å². The topological polar surface area (TPSA) is 34.2 Å². The summed E-state index contributed by atoms with van der Waals surface area (Å²) in [5.41, 5.74) is 3.70. The zero-order valence-electron chi connectivity index (χ0n) is 10.4. The number of anilines is 1. The molecule has 0 bridgehead atoms. The summed E-state index contributed by atoms with van der Waals surface area (Å²) < 4.78 is 5.48. The van der Waals surface area contributed by atoms with Crippen LogP contribution in [0.5, 0.6) is 0 Å². The molecule has 0 atom stereocenters. The number of benzene rings is 1. The first-order valence-corrected chi connectivity index (χ1v) is 6.12. The quantitative estimate of drug-likeness (QED) is 0.894. The zero-order chi connectivity index (χ0) is 12.4. The van der Waals surface area contributed by atoms with Crippen LogP contribution in [0.2, 0.25) is 0 Å². The van der Waals surface area contributed by atoms with Crippen LogP contribution in [-0.2, 0) is 10.2 Å². The molecule has 1 aromatic carbocycles. The molecular weight excluding hydrogens is 224 g/mol. The molecule has 0 unspecified atom stereocenters. The number of pyridine rings is 1. The monoisotopic (exact) mass is 240 g/mol. The van der Waals surface area contributed by atoms with Crippen molar-refractivity contribution in [2.75, 3.05) is 25.6 Å². The van der Waals surface area contributed by atoms with E-state index in [0.29, 0.717) is 0 Å². The molecular formula is C15H16N2O. The van der Waals surface area contributed by atoms with E-state index in [0.717, 1.165) is 18.9 Å². The van der Waals surface area contributed by atoms with Crippen LogP contribution < -0.4 is 5.32 Å². The molecule has 3 nitrogen and oxygen atoms in total. The molecule has 0 amide bonds. The molecule has 0 aliphatic carbocycles. The number of hydrogen-bond donors (Lipinski definition) is 1. The van der Waals surface area contributed by atoms with Crippen LogP contribution in [0.25, 0.3) is 0 Å². The van der Waals surface area contributed by atoms with Gasteiger partial charge in [0.15, 0.2) is 0 Å². The van der Waals surface area contributed by atoms with E-state index in [-0.39, 0.29) is 5.41 Å². The normalized spacial score (nSPS) is 16.9. The molecule has 1 aliphatic heterocycles. The van der Waals surface area contributed by atoms with Crippen molar-refractivity contribution in [3.8, 4) is 0 Å². The maximum absolute atomic E-state index is 5.48. The van der Waals surface area contributed by atoms with Crippen molar-refractivity contribution < 1.29 is 4.74 Å². The Hall–Kier alpha value is -1.87. The van der Waals surface area contributed by atoms with Crippen LogP contribution in [-0.4, -0.2) is 25.2 Å². The van der Waals surface area contributed by atoms with Crippen LogP contribution >= 0.6 is 0 Å². The second-order valence-corrected chi connectivity index (χ2v) is 4.64. The van der Waals surface area contributed by atoms with E-state index in [1.807, 2.05) is 19.4 Å². The van der Waals surface area contributed by atoms with Gasteiger partial charge >= 0.3 is 0 Å². The predicted molar refractivity (Wildman–Crippen MR) is 71.8 cm³/mol. The summed E-state index contributed by atoms with van der Waals surface area (Å²) in [7, 11) is 1.94. The molecule has 2 aromatic rings. The van der Waals surface area contributed by atoms with Gasteiger partial charge in [-0.2, -0.15) is 0 Å². The van der Waals surface area contributed by atoms with Crippen LogP contribution in [0.1, 0.15) is 11.1 Å². The molecule has 0 spiro atoms. The van der Waals surface area contributed by atoms with Crippen LogP contribution in [0.15, 0.2) is 48.8 Å². The van der Waals surface area contributed by atoms with Crippen molar-refractivity contribution in [3.63, 3.8) is 0 Å². The standard InChI is InChI=1S/C15H16N2O/c1-16-14-4-2-3-13(9-14)15(10-18-11-15)12-5-7-17-8-6-12/h2-9,16H,10-11H2,1H3. The summed E-state index contributed by atoms with van der Waals surface area (Å²) in [4.78, 5) is 4.09. The minimum Gasteiger partial charge on any atom is -0.388 e. The smallest absolute Gasteiger partial charge is 0.0671 e. The molecule has 1 saturated heterocycles. The minimum absolute atomic E-state index is 0.00417. The molecule has 2 heterocycles. The lowest BCUT2D eigenvalue weighted by Gasteiger charge is -2.42. The number of rotatable bonds is 3. The number of nitrogens with zero attached hydrogens (tertiary/aromatic N) is 1. The number of aromatic nitrogens is 1. The molecule has 0 radical (unpaired) electrons. The van der Waals surface area contributed by atoms with Crippen LogP contribution in [0, 0.1) is 0 Å². The Balaban J connectivity index is 2.06. The third-order valence-electron chi connectivity index (χ3n) is 3.63. The highest BCUT2D eigenvalue weighted by Gasteiger charge is 2.42. The first-order chi connectivity index (χ1) is 8.85. The van der Waals surface area contributed by atoms with Crippen LogP contribution in [0.3, 0.4) is 0 Å². The van der Waals surface area contributed by atoms with Gasteiger partial charge in [-0.05, 0) is 35.4 Å². The van der Waals surface area contributed by atoms with Crippen molar-refractivity contribution in [2.24, 2.45) is 0 Å². The molecule has 3 heteroatoms. The first-order valence-electron chi connectivity index (χ1n) is 6.12. The average molecular weight is 240 g/mol. The lowest BCUT2D eigenvalue weighted by molar-refractivity contribution is -0.0379. The summed E-state index contributed by atoms with van der Waals surface area (Å²) in [5, 5.41) is 3.19. The maximum Gasteiger partial charge on any atom is 0.0671 e. The first kappa shape index (κ1) is 11.2. The Kier molecular flexibility index (Phi) is 2.76. The molecule has 1 aliphatic rings. The van der Waals surface area contributed by atoms with Gasteiger partial charge in [-0.1, -0.05) is 12.1 Å². The van der Waals surface area contributed by atoms with Crippen molar-refractivity contribution >= 4 is 5.69 Å². The molecule has 0 saturated carbocycles. The maximum atomic E-state index is 5.48. The highest BCUT2D eigenvalue weighted by molar-refractivity contribution is 5.51. The van der Waals surface area contributed by atoms with Gasteiger partial charge in [0.05, 0.1) is 18.6 Å². The van der Waals surface area contributed by atoms with Gasteiger partial charge in [0, 0.05) is 25.1 Å². The van der Waals surface area contributed by atoms with E-state index >= 15 is 0 Å². The predicted octanol–water partition coefficient (Wildman–Crippen LogP) is 2.44. The Labute approximate surface area is 107 Å². The Morgan fingerprint density at radius 2 is 1.89 bits per heavy atom. The summed E-state index contributed by atoms with van der Waals surface area (Å²) >= 11 is 0. The fourth-order valence-corrected chi connectivity index (χ4v) is 2.45. The highest BCUT2D eigenvalue weighted by Crippen LogP contribution is 2.39. The molecule has 18 heavy (non-hydrogen) atoms. The largest absolute Gasteiger partial charge is 0.388 e. The zero-order valence-corrected chi connectivity index (χ0v) is 10.4. The SMILES string of the molecule is CNc1cccc(C2(c3ccncc3)COC2)c1. The van der Waals surface area contributed by atoms with Crippen molar-refractivity contribution in [2.45, 2.75) is 5.41 Å². The number of ether oxygens (including phenoxy) is 1.